The van der Waals surface area contributed by atoms with E-state index in [1.54, 1.807) is 0 Å². The molecule has 8 nitrogen and oxygen atoms in total. The zero-order valence-electron chi connectivity index (χ0n) is 40.3. The molecular weight excluding hydrogens is 749 g/mol. The molecule has 0 aliphatic heterocycles. The Morgan fingerprint density at radius 1 is 0.600 bits per heavy atom. The maximum absolute atomic E-state index is 13.7. The summed E-state index contributed by atoms with van der Waals surface area (Å²) in [6.45, 7) is 9.31. The van der Waals surface area contributed by atoms with Gasteiger partial charge in [-0.25, -0.2) is 0 Å². The molecule has 2 amide bonds. The lowest BCUT2D eigenvalue weighted by atomic mass is 9.83. The second kappa shape index (κ2) is 39.0. The minimum absolute atomic E-state index is 0.0499. The van der Waals surface area contributed by atoms with Crippen LogP contribution in [-0.4, -0.2) is 60.9 Å². The molecule has 3 N–H and O–H groups in total. The number of hydrogen-bond acceptors (Lipinski definition) is 6. The van der Waals surface area contributed by atoms with Crippen LogP contribution in [-0.2, 0) is 23.9 Å². The number of esters is 1. The lowest BCUT2D eigenvalue weighted by Crippen LogP contribution is -2.50. The van der Waals surface area contributed by atoms with Crippen molar-refractivity contribution in [3.8, 4) is 0 Å². The van der Waals surface area contributed by atoms with Crippen LogP contribution in [0.1, 0.15) is 272 Å². The van der Waals surface area contributed by atoms with Crippen molar-refractivity contribution in [1.82, 2.24) is 10.6 Å². The number of ether oxygens (including phenoxy) is 2. The number of unbranched alkanes of at least 4 members (excludes halogenated alkanes) is 29. The SMILES string of the molecule is CCCCCCCCCCCCCCCCCCNC(=O)C(COC(=O)C1(CCOC(C)(C)CCO)CCCC1)NC(=O)CCCCCCCCCCCCCCCCC. The van der Waals surface area contributed by atoms with Gasteiger partial charge in [-0.2, -0.15) is 0 Å². The predicted octanol–water partition coefficient (Wildman–Crippen LogP) is 13.8. The summed E-state index contributed by atoms with van der Waals surface area (Å²) in [6, 6.07) is -0.906. The molecule has 1 aliphatic carbocycles. The van der Waals surface area contributed by atoms with Crippen LogP contribution in [0, 0.1) is 5.41 Å². The summed E-state index contributed by atoms with van der Waals surface area (Å²) in [6.07, 6.45) is 44.7. The molecule has 0 heterocycles. The minimum Gasteiger partial charge on any atom is -0.463 e. The van der Waals surface area contributed by atoms with Crippen molar-refractivity contribution in [3.05, 3.63) is 0 Å². The molecule has 1 rings (SSSR count). The standard InChI is InChI=1S/C52H100N2O6/c1-5-7-9-11-13-15-17-19-21-23-25-27-29-31-33-37-43-53-49(57)47(46-59-50(58)52(39-35-36-40-52)42-45-60-51(3,4)41-44-55)54-48(56)38-34-32-30-28-26-24-22-20-18-16-14-12-10-8-6-2/h47,55H,5-46H2,1-4H3,(H,53,57)(H,54,56). The Morgan fingerprint density at radius 2 is 1.00 bits per heavy atom. The number of aliphatic hydroxyl groups is 1. The van der Waals surface area contributed by atoms with Gasteiger partial charge in [0.2, 0.25) is 11.8 Å². The van der Waals surface area contributed by atoms with Crippen LogP contribution >= 0.6 is 0 Å². The summed E-state index contributed by atoms with van der Waals surface area (Å²) in [7, 11) is 0. The molecule has 0 spiro atoms. The van der Waals surface area contributed by atoms with E-state index in [-0.39, 0.29) is 31.0 Å². The third kappa shape index (κ3) is 31.2. The van der Waals surface area contributed by atoms with E-state index in [9.17, 15) is 19.5 Å². The third-order valence-corrected chi connectivity index (χ3v) is 13.2. The van der Waals surface area contributed by atoms with E-state index in [2.05, 4.69) is 24.5 Å². The number of aliphatic hydroxyl groups excluding tert-OH is 1. The molecular formula is C52H100N2O6. The molecule has 0 aromatic rings. The van der Waals surface area contributed by atoms with Crippen LogP contribution in [0.4, 0.5) is 0 Å². The molecule has 0 saturated heterocycles. The zero-order valence-corrected chi connectivity index (χ0v) is 40.3. The van der Waals surface area contributed by atoms with Gasteiger partial charge in [0, 0.05) is 26.2 Å². The number of carbonyl (C=O) groups excluding carboxylic acids is 3. The minimum atomic E-state index is -0.906. The smallest absolute Gasteiger partial charge is 0.312 e. The zero-order chi connectivity index (χ0) is 43.8. The molecule has 0 radical (unpaired) electrons. The maximum Gasteiger partial charge on any atom is 0.312 e. The highest BCUT2D eigenvalue weighted by atomic mass is 16.5. The summed E-state index contributed by atoms with van der Waals surface area (Å²) < 4.78 is 12.0. The molecule has 1 atom stereocenters. The van der Waals surface area contributed by atoms with Crippen molar-refractivity contribution in [1.29, 1.82) is 0 Å². The lowest BCUT2D eigenvalue weighted by Gasteiger charge is -2.30. The Balaban J connectivity index is 2.44. The Bertz CT molecular complexity index is 1010. The second-order valence-corrected chi connectivity index (χ2v) is 19.3. The summed E-state index contributed by atoms with van der Waals surface area (Å²) >= 11 is 0. The normalized spacial score (nSPS) is 14.3. The van der Waals surface area contributed by atoms with Crippen molar-refractivity contribution in [2.75, 3.05) is 26.4 Å². The van der Waals surface area contributed by atoms with E-state index in [1.807, 2.05) is 13.8 Å². The average molecular weight is 849 g/mol. The molecule has 60 heavy (non-hydrogen) atoms. The van der Waals surface area contributed by atoms with Crippen LogP contribution in [0.15, 0.2) is 0 Å². The van der Waals surface area contributed by atoms with Crippen molar-refractivity contribution in [2.24, 2.45) is 5.41 Å². The van der Waals surface area contributed by atoms with Gasteiger partial charge in [0.1, 0.15) is 12.6 Å². The van der Waals surface area contributed by atoms with E-state index >= 15 is 0 Å². The largest absolute Gasteiger partial charge is 0.463 e. The topological polar surface area (TPSA) is 114 Å². The number of nitrogens with one attached hydrogen (secondary N) is 2. The fourth-order valence-electron chi connectivity index (χ4n) is 8.90. The first-order valence-corrected chi connectivity index (χ1v) is 26.2. The van der Waals surface area contributed by atoms with E-state index in [0.29, 0.717) is 32.4 Å². The van der Waals surface area contributed by atoms with Gasteiger partial charge in [0.05, 0.1) is 11.0 Å². The molecule has 0 bridgehead atoms. The Labute approximate surface area is 371 Å². The molecule has 8 heteroatoms. The Kier molecular flexibility index (Phi) is 36.6. The van der Waals surface area contributed by atoms with Crippen LogP contribution in [0.25, 0.3) is 0 Å². The predicted molar refractivity (Wildman–Crippen MR) is 252 cm³/mol. The number of carbonyl (C=O) groups is 3. The molecule has 1 aliphatic rings. The fraction of sp³-hybridized carbons (Fsp3) is 0.942. The molecule has 354 valence electrons. The second-order valence-electron chi connectivity index (χ2n) is 19.3. The van der Waals surface area contributed by atoms with E-state index in [4.69, 9.17) is 9.47 Å². The quantitative estimate of drug-likeness (QED) is 0.0416. The van der Waals surface area contributed by atoms with Crippen LogP contribution in [0.3, 0.4) is 0 Å². The summed E-state index contributed by atoms with van der Waals surface area (Å²) in [5.74, 6) is -0.725. The highest BCUT2D eigenvalue weighted by Gasteiger charge is 2.43. The molecule has 1 fully saturated rings. The monoisotopic (exact) mass is 849 g/mol. The van der Waals surface area contributed by atoms with Crippen LogP contribution in [0.2, 0.25) is 0 Å². The first-order chi connectivity index (χ1) is 29.2. The lowest BCUT2D eigenvalue weighted by molar-refractivity contribution is -0.160. The maximum atomic E-state index is 13.7. The molecule has 0 aromatic heterocycles. The highest BCUT2D eigenvalue weighted by molar-refractivity contribution is 5.88. The summed E-state index contributed by atoms with van der Waals surface area (Å²) in [5, 5.41) is 15.4. The summed E-state index contributed by atoms with van der Waals surface area (Å²) in [4.78, 5) is 40.2. The molecule has 0 aromatic carbocycles. The molecule has 1 saturated carbocycles. The van der Waals surface area contributed by atoms with E-state index < -0.39 is 17.1 Å². The fourth-order valence-corrected chi connectivity index (χ4v) is 8.90. The van der Waals surface area contributed by atoms with Crippen molar-refractivity contribution in [3.63, 3.8) is 0 Å². The Morgan fingerprint density at radius 3 is 1.42 bits per heavy atom. The van der Waals surface area contributed by atoms with Crippen molar-refractivity contribution < 1.29 is 29.0 Å². The van der Waals surface area contributed by atoms with Gasteiger partial charge in [0.25, 0.3) is 0 Å². The first-order valence-electron chi connectivity index (χ1n) is 26.2. The molecule has 1 unspecified atom stereocenters. The van der Waals surface area contributed by atoms with Crippen LogP contribution < -0.4 is 10.6 Å². The van der Waals surface area contributed by atoms with E-state index in [0.717, 1.165) is 57.8 Å². The number of amides is 2. The van der Waals surface area contributed by atoms with Gasteiger partial charge in [-0.15, -0.1) is 0 Å². The summed E-state index contributed by atoms with van der Waals surface area (Å²) in [5.41, 5.74) is -1.10. The first kappa shape index (κ1) is 56.3. The number of rotatable bonds is 44. The highest BCUT2D eigenvalue weighted by Crippen LogP contribution is 2.42. The van der Waals surface area contributed by atoms with Gasteiger partial charge in [-0.1, -0.05) is 213 Å². The van der Waals surface area contributed by atoms with Crippen molar-refractivity contribution in [2.45, 2.75) is 283 Å². The van der Waals surface area contributed by atoms with Crippen molar-refractivity contribution >= 4 is 17.8 Å². The van der Waals surface area contributed by atoms with Gasteiger partial charge in [-0.05, 0) is 52.4 Å². The van der Waals surface area contributed by atoms with E-state index in [1.165, 1.54) is 167 Å². The van der Waals surface area contributed by atoms with Crippen LogP contribution in [0.5, 0.6) is 0 Å². The van der Waals surface area contributed by atoms with Gasteiger partial charge in [-0.3, -0.25) is 14.4 Å². The Hall–Kier alpha value is -1.67. The third-order valence-electron chi connectivity index (χ3n) is 13.2. The number of hydrogen-bond donors (Lipinski definition) is 3. The average Bonchev–Trinajstić information content (AvgIpc) is 3.71. The van der Waals surface area contributed by atoms with Gasteiger partial charge < -0.3 is 25.2 Å². The van der Waals surface area contributed by atoms with Gasteiger partial charge >= 0.3 is 5.97 Å². The van der Waals surface area contributed by atoms with Gasteiger partial charge in [0.15, 0.2) is 0 Å².